The Bertz CT molecular complexity index is 651. The van der Waals surface area contributed by atoms with Crippen molar-refractivity contribution in [2.75, 3.05) is 6.61 Å². The van der Waals surface area contributed by atoms with E-state index in [1.54, 1.807) is 0 Å². The molecule has 1 aliphatic rings. The summed E-state index contributed by atoms with van der Waals surface area (Å²) in [6.07, 6.45) is 3.22. The maximum Gasteiger partial charge on any atom is 0.261 e. The zero-order valence-corrected chi connectivity index (χ0v) is 16.4. The molecule has 0 saturated heterocycles. The molecule has 1 aliphatic carbocycles. The van der Waals surface area contributed by atoms with Crippen molar-refractivity contribution in [1.82, 2.24) is 0 Å². The fourth-order valence-corrected chi connectivity index (χ4v) is 8.59. The minimum absolute atomic E-state index is 0.00384. The molecule has 2 unspecified atom stereocenters. The van der Waals surface area contributed by atoms with Crippen LogP contribution in [0.1, 0.15) is 33.6 Å². The second-order valence-electron chi connectivity index (χ2n) is 8.11. The summed E-state index contributed by atoms with van der Waals surface area (Å²) in [5.74, 6) is 0.553. The molecule has 0 aliphatic heterocycles. The van der Waals surface area contributed by atoms with Crippen LogP contribution in [0.2, 0.25) is 5.04 Å². The van der Waals surface area contributed by atoms with Crippen molar-refractivity contribution in [2.24, 2.45) is 11.8 Å². The van der Waals surface area contributed by atoms with Gasteiger partial charge in [-0.3, -0.25) is 0 Å². The largest absolute Gasteiger partial charge is 0.407 e. The van der Waals surface area contributed by atoms with E-state index in [9.17, 15) is 4.79 Å². The highest BCUT2D eigenvalue weighted by molar-refractivity contribution is 6.99. The van der Waals surface area contributed by atoms with Crippen LogP contribution >= 0.6 is 0 Å². The first kappa shape index (κ1) is 18.1. The van der Waals surface area contributed by atoms with E-state index in [4.69, 9.17) is 4.43 Å². The summed E-state index contributed by atoms with van der Waals surface area (Å²) in [5, 5.41) is 2.60. The van der Waals surface area contributed by atoms with Crippen molar-refractivity contribution in [3.63, 3.8) is 0 Å². The van der Waals surface area contributed by atoms with Gasteiger partial charge in [-0.2, -0.15) is 0 Å². The van der Waals surface area contributed by atoms with Gasteiger partial charge in [0.1, 0.15) is 6.29 Å². The predicted molar refractivity (Wildman–Crippen MR) is 106 cm³/mol. The molecule has 2 nitrogen and oxygen atoms in total. The number of benzene rings is 2. The summed E-state index contributed by atoms with van der Waals surface area (Å²) < 4.78 is 6.88. The monoisotopic (exact) mass is 352 g/mol. The van der Waals surface area contributed by atoms with Crippen LogP contribution in [0.15, 0.2) is 60.7 Å². The van der Waals surface area contributed by atoms with Gasteiger partial charge in [0.25, 0.3) is 8.32 Å². The van der Waals surface area contributed by atoms with Gasteiger partial charge in [0.2, 0.25) is 0 Å². The molecule has 0 N–H and O–H groups in total. The second-order valence-corrected chi connectivity index (χ2v) is 12.4. The number of aldehydes is 1. The molecule has 0 bridgehead atoms. The minimum Gasteiger partial charge on any atom is -0.407 e. The molecular weight excluding hydrogens is 324 g/mol. The van der Waals surface area contributed by atoms with Crippen LogP contribution in [-0.4, -0.2) is 21.2 Å². The SMILES string of the molecule is CC(C)(C)[Si](OCC1CCC1C=O)(c1ccccc1)c1ccccc1. The third-order valence-corrected chi connectivity index (χ3v) is 10.6. The standard InChI is InChI=1S/C22H28O2Si/c1-22(2,3)25(20-10-6-4-7-11-20,21-12-8-5-9-13-21)24-17-19-15-14-18(19)16-23/h4-13,16,18-19H,14-15,17H2,1-3H3. The zero-order valence-electron chi connectivity index (χ0n) is 15.4. The highest BCUT2D eigenvalue weighted by Crippen LogP contribution is 2.39. The van der Waals surface area contributed by atoms with E-state index in [0.29, 0.717) is 12.5 Å². The molecular formula is C22H28O2Si. The van der Waals surface area contributed by atoms with Crippen LogP contribution in [0.3, 0.4) is 0 Å². The second kappa shape index (κ2) is 7.26. The molecule has 132 valence electrons. The maximum absolute atomic E-state index is 11.2. The summed E-state index contributed by atoms with van der Waals surface area (Å²) in [5.41, 5.74) is 0. The van der Waals surface area contributed by atoms with Crippen molar-refractivity contribution in [1.29, 1.82) is 0 Å². The van der Waals surface area contributed by atoms with Crippen LogP contribution < -0.4 is 10.4 Å². The van der Waals surface area contributed by atoms with Crippen molar-refractivity contribution in [3.05, 3.63) is 60.7 Å². The van der Waals surface area contributed by atoms with Crippen molar-refractivity contribution < 1.29 is 9.22 Å². The Morgan fingerprint density at radius 3 is 1.84 bits per heavy atom. The Hall–Kier alpha value is -1.71. The van der Waals surface area contributed by atoms with Gasteiger partial charge in [-0.1, -0.05) is 81.4 Å². The molecule has 1 saturated carbocycles. The first-order valence-electron chi connectivity index (χ1n) is 9.19. The van der Waals surface area contributed by atoms with Crippen LogP contribution in [0.5, 0.6) is 0 Å². The molecule has 0 radical (unpaired) electrons. The Morgan fingerprint density at radius 2 is 1.48 bits per heavy atom. The number of hydrogen-bond acceptors (Lipinski definition) is 2. The summed E-state index contributed by atoms with van der Waals surface area (Å²) in [4.78, 5) is 11.2. The first-order chi connectivity index (χ1) is 12.0. The van der Waals surface area contributed by atoms with E-state index >= 15 is 0 Å². The number of carbonyl (C=O) groups excluding carboxylic acids is 1. The van der Waals surface area contributed by atoms with E-state index in [0.717, 1.165) is 19.1 Å². The zero-order chi connectivity index (χ0) is 17.9. The Morgan fingerprint density at radius 1 is 0.960 bits per heavy atom. The number of carbonyl (C=O) groups is 1. The highest BCUT2D eigenvalue weighted by atomic mass is 28.4. The average molecular weight is 353 g/mol. The molecule has 2 aromatic carbocycles. The molecule has 3 heteroatoms. The first-order valence-corrected chi connectivity index (χ1v) is 11.1. The van der Waals surface area contributed by atoms with Gasteiger partial charge in [0.05, 0.1) is 0 Å². The van der Waals surface area contributed by atoms with E-state index in [2.05, 4.69) is 81.4 Å². The molecule has 0 heterocycles. The van der Waals surface area contributed by atoms with Crippen molar-refractivity contribution in [3.8, 4) is 0 Å². The lowest BCUT2D eigenvalue weighted by molar-refractivity contribution is -0.116. The lowest BCUT2D eigenvalue weighted by Gasteiger charge is -2.45. The Balaban J connectivity index is 2.04. The predicted octanol–water partition coefficient (Wildman–Crippen LogP) is 3.79. The molecule has 2 aromatic rings. The maximum atomic E-state index is 11.2. The normalized spacial score (nSPS) is 20.8. The molecule has 0 aromatic heterocycles. The Labute approximate surface area is 152 Å². The molecule has 2 atom stereocenters. The summed E-state index contributed by atoms with van der Waals surface area (Å²) in [6.45, 7) is 7.54. The lowest BCUT2D eigenvalue weighted by atomic mass is 9.75. The fourth-order valence-electron chi connectivity index (χ4n) is 3.97. The highest BCUT2D eigenvalue weighted by Gasteiger charge is 2.50. The van der Waals surface area contributed by atoms with Crippen LogP contribution in [0.25, 0.3) is 0 Å². The van der Waals surface area contributed by atoms with E-state index in [1.807, 2.05) is 0 Å². The van der Waals surface area contributed by atoms with Gasteiger partial charge in [0, 0.05) is 12.5 Å². The van der Waals surface area contributed by atoms with E-state index in [-0.39, 0.29) is 11.0 Å². The lowest BCUT2D eigenvalue weighted by Crippen LogP contribution is -2.67. The molecule has 0 spiro atoms. The smallest absolute Gasteiger partial charge is 0.261 e. The average Bonchev–Trinajstić information content (AvgIpc) is 2.58. The summed E-state index contributed by atoms with van der Waals surface area (Å²) in [7, 11) is -2.45. The van der Waals surface area contributed by atoms with Crippen LogP contribution in [0.4, 0.5) is 0 Å². The van der Waals surface area contributed by atoms with E-state index < -0.39 is 8.32 Å². The van der Waals surface area contributed by atoms with Crippen molar-refractivity contribution >= 4 is 25.0 Å². The van der Waals surface area contributed by atoms with Crippen LogP contribution in [-0.2, 0) is 9.22 Å². The number of rotatable bonds is 6. The molecule has 1 fully saturated rings. The van der Waals surface area contributed by atoms with E-state index in [1.165, 1.54) is 10.4 Å². The van der Waals surface area contributed by atoms with Gasteiger partial charge in [-0.05, 0) is 34.2 Å². The third-order valence-electron chi connectivity index (χ3n) is 5.58. The summed E-state index contributed by atoms with van der Waals surface area (Å²) >= 11 is 0. The Kier molecular flexibility index (Phi) is 5.26. The third kappa shape index (κ3) is 3.36. The van der Waals surface area contributed by atoms with Gasteiger partial charge >= 0.3 is 0 Å². The summed E-state index contributed by atoms with van der Waals surface area (Å²) in [6, 6.07) is 21.4. The fraction of sp³-hybridized carbons (Fsp3) is 0.409. The minimum atomic E-state index is -2.45. The van der Waals surface area contributed by atoms with Crippen molar-refractivity contribution in [2.45, 2.75) is 38.7 Å². The van der Waals surface area contributed by atoms with Gasteiger partial charge in [-0.15, -0.1) is 0 Å². The number of hydrogen-bond donors (Lipinski definition) is 0. The topological polar surface area (TPSA) is 26.3 Å². The van der Waals surface area contributed by atoms with Crippen LogP contribution in [0, 0.1) is 11.8 Å². The van der Waals surface area contributed by atoms with Gasteiger partial charge in [0.15, 0.2) is 0 Å². The quantitative estimate of drug-likeness (QED) is 0.584. The molecule has 3 rings (SSSR count). The van der Waals surface area contributed by atoms with Gasteiger partial charge < -0.3 is 9.22 Å². The molecule has 25 heavy (non-hydrogen) atoms. The molecule has 0 amide bonds. The van der Waals surface area contributed by atoms with Gasteiger partial charge in [-0.25, -0.2) is 0 Å².